The molecule has 3 aromatic carbocycles. The molecule has 2 aromatic heterocycles. The minimum atomic E-state index is -0.444. The van der Waals surface area contributed by atoms with Gasteiger partial charge < -0.3 is 14.5 Å². The largest absolute Gasteiger partial charge is 0.496 e. The Hall–Kier alpha value is -4.11. The molecular formula is C26H20FN3O4S. The first kappa shape index (κ1) is 22.7. The molecule has 0 saturated heterocycles. The number of ether oxygens (including phenoxy) is 1. The Balaban J connectivity index is 1.53. The molecule has 35 heavy (non-hydrogen) atoms. The number of anilines is 1. The number of nitrogens with zero attached hydrogens (tertiary/aromatic N) is 2. The number of rotatable bonds is 7. The van der Waals surface area contributed by atoms with E-state index in [1.807, 2.05) is 42.5 Å². The molecule has 0 bridgehead atoms. The fourth-order valence-corrected chi connectivity index (χ4v) is 4.59. The number of carbonyl (C=O) groups is 1. The van der Waals surface area contributed by atoms with Crippen LogP contribution in [0.5, 0.6) is 5.75 Å². The summed E-state index contributed by atoms with van der Waals surface area (Å²) < 4.78 is 26.2. The monoisotopic (exact) mass is 489 g/mol. The second kappa shape index (κ2) is 9.63. The molecule has 1 N–H and O–H groups in total. The molecule has 176 valence electrons. The molecule has 0 aliphatic carbocycles. The second-order valence-electron chi connectivity index (χ2n) is 7.72. The van der Waals surface area contributed by atoms with E-state index in [2.05, 4.69) is 5.32 Å². The first-order valence-corrected chi connectivity index (χ1v) is 11.7. The van der Waals surface area contributed by atoms with E-state index in [0.29, 0.717) is 27.7 Å². The first-order chi connectivity index (χ1) is 17.0. The predicted octanol–water partition coefficient (Wildman–Crippen LogP) is 5.07. The van der Waals surface area contributed by atoms with E-state index >= 15 is 0 Å². The number of thioether (sulfide) groups is 1. The lowest BCUT2D eigenvalue weighted by molar-refractivity contribution is -0.113. The molecule has 5 aromatic rings. The lowest BCUT2D eigenvalue weighted by atomic mass is 10.2. The van der Waals surface area contributed by atoms with E-state index in [-0.39, 0.29) is 29.3 Å². The molecule has 0 aliphatic heterocycles. The van der Waals surface area contributed by atoms with Crippen LogP contribution in [0.25, 0.3) is 22.1 Å². The van der Waals surface area contributed by atoms with Crippen LogP contribution >= 0.6 is 11.8 Å². The topological polar surface area (TPSA) is 86.4 Å². The molecule has 9 heteroatoms. The van der Waals surface area contributed by atoms with Crippen molar-refractivity contribution in [2.24, 2.45) is 0 Å². The number of hydrogen-bond acceptors (Lipinski definition) is 6. The van der Waals surface area contributed by atoms with Gasteiger partial charge >= 0.3 is 0 Å². The smallest absolute Gasteiger partial charge is 0.298 e. The number of amides is 1. The van der Waals surface area contributed by atoms with Crippen LogP contribution in [0.3, 0.4) is 0 Å². The van der Waals surface area contributed by atoms with E-state index < -0.39 is 5.82 Å². The Morgan fingerprint density at radius 2 is 1.91 bits per heavy atom. The highest BCUT2D eigenvalue weighted by molar-refractivity contribution is 7.99. The van der Waals surface area contributed by atoms with Crippen molar-refractivity contribution in [3.05, 3.63) is 94.5 Å². The van der Waals surface area contributed by atoms with Gasteiger partial charge in [-0.15, -0.1) is 0 Å². The van der Waals surface area contributed by atoms with Gasteiger partial charge in [-0.2, -0.15) is 0 Å². The van der Waals surface area contributed by atoms with E-state index in [0.717, 1.165) is 22.7 Å². The number of methoxy groups -OCH3 is 1. The quantitative estimate of drug-likeness (QED) is 0.254. The second-order valence-corrected chi connectivity index (χ2v) is 8.66. The molecule has 0 radical (unpaired) electrons. The van der Waals surface area contributed by atoms with Crippen molar-refractivity contribution in [1.82, 2.24) is 9.55 Å². The van der Waals surface area contributed by atoms with Crippen LogP contribution in [0.1, 0.15) is 5.56 Å². The molecule has 0 saturated carbocycles. The van der Waals surface area contributed by atoms with Gasteiger partial charge in [0, 0.05) is 16.6 Å². The van der Waals surface area contributed by atoms with Crippen molar-refractivity contribution >= 4 is 45.4 Å². The average Bonchev–Trinajstić information content (AvgIpc) is 3.24. The summed E-state index contributed by atoms with van der Waals surface area (Å²) in [6.07, 6.45) is 0. The van der Waals surface area contributed by atoms with Gasteiger partial charge in [-0.05, 0) is 36.4 Å². The molecule has 0 unspecified atom stereocenters. The molecule has 0 aliphatic rings. The lowest BCUT2D eigenvalue weighted by Gasteiger charge is -2.14. The zero-order chi connectivity index (χ0) is 24.4. The normalized spacial score (nSPS) is 11.1. The SMILES string of the molecule is COc1ccccc1Cn1c(SCC(=O)Nc2cccc(F)c2)nc2c(oc3ccccc32)c1=O. The molecule has 1 amide bonds. The van der Waals surface area contributed by atoms with Gasteiger partial charge in [0.05, 0.1) is 19.4 Å². The number of para-hydroxylation sites is 2. The van der Waals surface area contributed by atoms with Crippen LogP contribution in [0.4, 0.5) is 10.1 Å². The van der Waals surface area contributed by atoms with Gasteiger partial charge in [0.1, 0.15) is 22.7 Å². The molecule has 0 atom stereocenters. The summed E-state index contributed by atoms with van der Waals surface area (Å²) in [5.41, 5.74) is 1.92. The summed E-state index contributed by atoms with van der Waals surface area (Å²) in [6, 6.07) is 20.3. The van der Waals surface area contributed by atoms with E-state index in [9.17, 15) is 14.0 Å². The molecule has 7 nitrogen and oxygen atoms in total. The van der Waals surface area contributed by atoms with E-state index in [4.69, 9.17) is 14.1 Å². The van der Waals surface area contributed by atoms with Crippen LogP contribution < -0.4 is 15.6 Å². The molecule has 5 rings (SSSR count). The third kappa shape index (κ3) is 4.63. The first-order valence-electron chi connectivity index (χ1n) is 10.8. The number of aromatic nitrogens is 2. The zero-order valence-electron chi connectivity index (χ0n) is 18.7. The van der Waals surface area contributed by atoms with Crippen LogP contribution in [0, 0.1) is 5.82 Å². The minimum Gasteiger partial charge on any atom is -0.496 e. The van der Waals surface area contributed by atoms with Crippen molar-refractivity contribution in [3.63, 3.8) is 0 Å². The minimum absolute atomic E-state index is 0.0316. The maximum atomic E-state index is 13.5. The zero-order valence-corrected chi connectivity index (χ0v) is 19.5. The van der Waals surface area contributed by atoms with Crippen molar-refractivity contribution in [2.75, 3.05) is 18.2 Å². The average molecular weight is 490 g/mol. The number of nitrogens with one attached hydrogen (secondary N) is 1. The molecule has 0 fully saturated rings. The van der Waals surface area contributed by atoms with Crippen molar-refractivity contribution in [1.29, 1.82) is 0 Å². The molecule has 2 heterocycles. The van der Waals surface area contributed by atoms with Crippen molar-refractivity contribution in [2.45, 2.75) is 11.7 Å². The van der Waals surface area contributed by atoms with Crippen molar-refractivity contribution in [3.8, 4) is 5.75 Å². The Kier molecular flexibility index (Phi) is 6.24. The highest BCUT2D eigenvalue weighted by Crippen LogP contribution is 2.28. The van der Waals surface area contributed by atoms with Crippen LogP contribution in [-0.4, -0.2) is 28.3 Å². The Morgan fingerprint density at radius 3 is 2.74 bits per heavy atom. The highest BCUT2D eigenvalue weighted by atomic mass is 32.2. The Bertz CT molecular complexity index is 1610. The van der Waals surface area contributed by atoms with E-state index in [1.165, 1.54) is 22.8 Å². The standard InChI is InChI=1S/C26H20FN3O4S/c1-33-20-11-4-2-7-16(20)14-30-25(32)24-23(19-10-3-5-12-21(19)34-24)29-26(30)35-15-22(31)28-18-9-6-8-17(27)13-18/h2-13H,14-15H2,1H3,(H,28,31). The van der Waals surface area contributed by atoms with Gasteiger partial charge in [0.2, 0.25) is 11.5 Å². The highest BCUT2D eigenvalue weighted by Gasteiger charge is 2.19. The number of fused-ring (bicyclic) bond motifs is 3. The maximum absolute atomic E-state index is 13.5. The number of halogens is 1. The van der Waals surface area contributed by atoms with Crippen LogP contribution in [-0.2, 0) is 11.3 Å². The van der Waals surface area contributed by atoms with Crippen molar-refractivity contribution < 1.29 is 18.3 Å². The van der Waals surface area contributed by atoms with Gasteiger partial charge in [-0.3, -0.25) is 14.2 Å². The van der Waals surface area contributed by atoms with Gasteiger partial charge in [-0.1, -0.05) is 48.2 Å². The molecule has 0 spiro atoms. The summed E-state index contributed by atoms with van der Waals surface area (Å²) in [5, 5.41) is 3.74. The summed E-state index contributed by atoms with van der Waals surface area (Å²) in [5.74, 6) is -0.198. The lowest BCUT2D eigenvalue weighted by Crippen LogP contribution is -2.24. The number of carbonyl (C=O) groups excluding carboxylic acids is 1. The summed E-state index contributed by atoms with van der Waals surface area (Å²) >= 11 is 1.12. The number of hydrogen-bond donors (Lipinski definition) is 1. The maximum Gasteiger partial charge on any atom is 0.298 e. The fraction of sp³-hybridized carbons (Fsp3) is 0.115. The van der Waals surface area contributed by atoms with Gasteiger partial charge in [0.25, 0.3) is 5.56 Å². The fourth-order valence-electron chi connectivity index (χ4n) is 3.80. The third-order valence-corrected chi connectivity index (χ3v) is 6.39. The molecular weight excluding hydrogens is 469 g/mol. The van der Waals surface area contributed by atoms with Gasteiger partial charge in [-0.25, -0.2) is 9.37 Å². The summed E-state index contributed by atoms with van der Waals surface area (Å²) in [6.45, 7) is 0.177. The third-order valence-electron chi connectivity index (χ3n) is 5.41. The summed E-state index contributed by atoms with van der Waals surface area (Å²) in [7, 11) is 1.56. The summed E-state index contributed by atoms with van der Waals surface area (Å²) in [4.78, 5) is 30.8. The number of benzene rings is 3. The van der Waals surface area contributed by atoms with Crippen LogP contribution in [0.15, 0.2) is 87.2 Å². The Labute approximate surface area is 203 Å². The van der Waals surface area contributed by atoms with Crippen LogP contribution in [0.2, 0.25) is 0 Å². The number of furan rings is 1. The van der Waals surface area contributed by atoms with Gasteiger partial charge in [0.15, 0.2) is 5.16 Å². The Morgan fingerprint density at radius 1 is 1.11 bits per heavy atom. The predicted molar refractivity (Wildman–Crippen MR) is 134 cm³/mol. The van der Waals surface area contributed by atoms with E-state index in [1.54, 1.807) is 19.2 Å².